The number of piperidine rings is 1. The normalized spacial score (nSPS) is 22.5. The van der Waals surface area contributed by atoms with E-state index in [1.807, 2.05) is 6.92 Å². The van der Waals surface area contributed by atoms with Crippen LogP contribution < -0.4 is 5.73 Å². The zero-order valence-electron chi connectivity index (χ0n) is 8.37. The van der Waals surface area contributed by atoms with Gasteiger partial charge in [-0.15, -0.1) is 0 Å². The van der Waals surface area contributed by atoms with Gasteiger partial charge in [0, 0.05) is 6.54 Å². The number of hydrogen-bond acceptors (Lipinski definition) is 3. The van der Waals surface area contributed by atoms with Gasteiger partial charge in [0.05, 0.1) is 12.0 Å². The molecule has 2 N–H and O–H groups in total. The number of hydrogen-bond donors (Lipinski definition) is 1. The molecule has 0 bridgehead atoms. The molecule has 1 saturated heterocycles. The Kier molecular flexibility index (Phi) is 4.20. The van der Waals surface area contributed by atoms with Crippen molar-refractivity contribution in [2.75, 3.05) is 26.2 Å². The molecule has 0 amide bonds. The van der Waals surface area contributed by atoms with Crippen LogP contribution in [0.25, 0.3) is 0 Å². The van der Waals surface area contributed by atoms with Gasteiger partial charge in [-0.2, -0.15) is 5.26 Å². The molecule has 0 aromatic heterocycles. The highest BCUT2D eigenvalue weighted by molar-refractivity contribution is 4.83. The van der Waals surface area contributed by atoms with E-state index in [0.29, 0.717) is 5.92 Å². The van der Waals surface area contributed by atoms with Crippen molar-refractivity contribution in [3.05, 3.63) is 0 Å². The fourth-order valence-electron chi connectivity index (χ4n) is 1.83. The van der Waals surface area contributed by atoms with Crippen molar-refractivity contribution in [3.63, 3.8) is 0 Å². The zero-order valence-corrected chi connectivity index (χ0v) is 8.37. The Hall–Kier alpha value is -0.590. The Morgan fingerprint density at radius 2 is 2.15 bits per heavy atom. The SMILES string of the molecule is CC(C#N)CN1CCC(CN)CC1. The minimum atomic E-state index is 0.162. The zero-order chi connectivity index (χ0) is 9.68. The first kappa shape index (κ1) is 10.5. The first-order valence-electron chi connectivity index (χ1n) is 5.08. The Balaban J connectivity index is 2.22. The fraction of sp³-hybridized carbons (Fsp3) is 0.900. The van der Waals surface area contributed by atoms with E-state index >= 15 is 0 Å². The van der Waals surface area contributed by atoms with Crippen molar-refractivity contribution < 1.29 is 0 Å². The third kappa shape index (κ3) is 3.33. The summed E-state index contributed by atoms with van der Waals surface area (Å²) in [5, 5.41) is 8.67. The minimum Gasteiger partial charge on any atom is -0.330 e. The van der Waals surface area contributed by atoms with E-state index in [4.69, 9.17) is 11.0 Å². The van der Waals surface area contributed by atoms with E-state index in [9.17, 15) is 0 Å². The van der Waals surface area contributed by atoms with Gasteiger partial charge in [-0.05, 0) is 45.3 Å². The van der Waals surface area contributed by atoms with E-state index in [1.54, 1.807) is 0 Å². The summed E-state index contributed by atoms with van der Waals surface area (Å²) >= 11 is 0. The lowest BCUT2D eigenvalue weighted by Gasteiger charge is -2.31. The number of nitrogens with two attached hydrogens (primary N) is 1. The van der Waals surface area contributed by atoms with Crippen LogP contribution in [0.4, 0.5) is 0 Å². The standard InChI is InChI=1S/C10H19N3/c1-9(6-11)8-13-4-2-10(7-12)3-5-13/h9-10H,2-5,7-8,12H2,1H3. The smallest absolute Gasteiger partial charge is 0.0666 e. The van der Waals surface area contributed by atoms with E-state index < -0.39 is 0 Å². The van der Waals surface area contributed by atoms with Crippen molar-refractivity contribution >= 4 is 0 Å². The highest BCUT2D eigenvalue weighted by atomic mass is 15.1. The highest BCUT2D eigenvalue weighted by Crippen LogP contribution is 2.16. The van der Waals surface area contributed by atoms with Crippen molar-refractivity contribution in [1.29, 1.82) is 5.26 Å². The van der Waals surface area contributed by atoms with Crippen molar-refractivity contribution in [1.82, 2.24) is 4.90 Å². The second kappa shape index (κ2) is 5.21. The van der Waals surface area contributed by atoms with Crippen LogP contribution in [0.2, 0.25) is 0 Å². The third-order valence-electron chi connectivity index (χ3n) is 2.79. The first-order chi connectivity index (χ1) is 6.26. The number of rotatable bonds is 3. The van der Waals surface area contributed by atoms with Crippen LogP contribution in [0.1, 0.15) is 19.8 Å². The molecular formula is C10H19N3. The van der Waals surface area contributed by atoms with Crippen LogP contribution in [-0.4, -0.2) is 31.1 Å². The monoisotopic (exact) mass is 181 g/mol. The molecule has 13 heavy (non-hydrogen) atoms. The predicted octanol–water partition coefficient (Wildman–Crippen LogP) is 0.817. The van der Waals surface area contributed by atoms with Crippen LogP contribution in [-0.2, 0) is 0 Å². The van der Waals surface area contributed by atoms with Crippen molar-refractivity contribution in [2.45, 2.75) is 19.8 Å². The molecule has 0 aliphatic carbocycles. The maximum Gasteiger partial charge on any atom is 0.0666 e. The summed E-state index contributed by atoms with van der Waals surface area (Å²) in [6, 6.07) is 2.27. The van der Waals surface area contributed by atoms with Gasteiger partial charge in [-0.1, -0.05) is 0 Å². The lowest BCUT2D eigenvalue weighted by molar-refractivity contribution is 0.177. The van der Waals surface area contributed by atoms with Crippen LogP contribution in [0.5, 0.6) is 0 Å². The molecule has 1 fully saturated rings. The summed E-state index contributed by atoms with van der Waals surface area (Å²) in [6.45, 7) is 5.96. The lowest BCUT2D eigenvalue weighted by atomic mass is 9.96. The average molecular weight is 181 g/mol. The molecular weight excluding hydrogens is 162 g/mol. The molecule has 1 rings (SSSR count). The second-order valence-electron chi connectivity index (χ2n) is 4.01. The molecule has 1 heterocycles. The molecule has 1 atom stereocenters. The molecule has 1 unspecified atom stereocenters. The third-order valence-corrected chi connectivity index (χ3v) is 2.79. The van der Waals surface area contributed by atoms with Gasteiger partial charge in [0.2, 0.25) is 0 Å². The maximum absolute atomic E-state index is 8.67. The quantitative estimate of drug-likeness (QED) is 0.701. The molecule has 0 radical (unpaired) electrons. The number of nitriles is 1. The molecule has 3 nitrogen and oxygen atoms in total. The molecule has 0 saturated carbocycles. The summed E-state index contributed by atoms with van der Waals surface area (Å²) in [6.07, 6.45) is 2.41. The molecule has 1 aliphatic heterocycles. The van der Waals surface area contributed by atoms with E-state index in [2.05, 4.69) is 11.0 Å². The van der Waals surface area contributed by atoms with E-state index in [-0.39, 0.29) is 5.92 Å². The molecule has 0 aromatic carbocycles. The predicted molar refractivity (Wildman–Crippen MR) is 53.0 cm³/mol. The van der Waals surface area contributed by atoms with E-state index in [0.717, 1.165) is 26.2 Å². The minimum absolute atomic E-state index is 0.162. The average Bonchev–Trinajstić information content (AvgIpc) is 2.19. The Morgan fingerprint density at radius 3 is 2.62 bits per heavy atom. The van der Waals surface area contributed by atoms with Gasteiger partial charge in [0.25, 0.3) is 0 Å². The van der Waals surface area contributed by atoms with Crippen LogP contribution in [0.15, 0.2) is 0 Å². The summed E-state index contributed by atoms with van der Waals surface area (Å²) in [4.78, 5) is 2.38. The molecule has 0 spiro atoms. The molecule has 74 valence electrons. The number of likely N-dealkylation sites (tertiary alicyclic amines) is 1. The van der Waals surface area contributed by atoms with Gasteiger partial charge in [-0.25, -0.2) is 0 Å². The van der Waals surface area contributed by atoms with Crippen LogP contribution >= 0.6 is 0 Å². The number of nitrogens with zero attached hydrogens (tertiary/aromatic N) is 2. The maximum atomic E-state index is 8.67. The lowest BCUT2D eigenvalue weighted by Crippen LogP contribution is -2.38. The topological polar surface area (TPSA) is 53.0 Å². The molecule has 3 heteroatoms. The van der Waals surface area contributed by atoms with Crippen LogP contribution in [0.3, 0.4) is 0 Å². The second-order valence-corrected chi connectivity index (χ2v) is 4.01. The summed E-state index contributed by atoms with van der Waals surface area (Å²) in [5.74, 6) is 0.878. The Bertz CT molecular complexity index is 177. The van der Waals surface area contributed by atoms with Gasteiger partial charge in [0.1, 0.15) is 0 Å². The Morgan fingerprint density at radius 1 is 1.54 bits per heavy atom. The van der Waals surface area contributed by atoms with Gasteiger partial charge in [0.15, 0.2) is 0 Å². The largest absolute Gasteiger partial charge is 0.330 e. The summed E-state index contributed by atoms with van der Waals surface area (Å²) in [5.41, 5.74) is 5.61. The van der Waals surface area contributed by atoms with Crippen molar-refractivity contribution in [2.24, 2.45) is 17.6 Å². The Labute approximate surface area is 80.5 Å². The van der Waals surface area contributed by atoms with E-state index in [1.165, 1.54) is 12.8 Å². The molecule has 0 aromatic rings. The van der Waals surface area contributed by atoms with Crippen LogP contribution in [0, 0.1) is 23.2 Å². The van der Waals surface area contributed by atoms with Gasteiger partial charge >= 0.3 is 0 Å². The highest BCUT2D eigenvalue weighted by Gasteiger charge is 2.18. The van der Waals surface area contributed by atoms with Gasteiger partial charge < -0.3 is 10.6 Å². The first-order valence-corrected chi connectivity index (χ1v) is 5.08. The van der Waals surface area contributed by atoms with Crippen molar-refractivity contribution in [3.8, 4) is 6.07 Å². The fourth-order valence-corrected chi connectivity index (χ4v) is 1.83. The summed E-state index contributed by atoms with van der Waals surface area (Å²) in [7, 11) is 0. The molecule has 1 aliphatic rings. The summed E-state index contributed by atoms with van der Waals surface area (Å²) < 4.78 is 0. The van der Waals surface area contributed by atoms with Gasteiger partial charge in [-0.3, -0.25) is 0 Å².